The van der Waals surface area contributed by atoms with Gasteiger partial charge < -0.3 is 9.73 Å². The van der Waals surface area contributed by atoms with Gasteiger partial charge in [-0.15, -0.1) is 0 Å². The molecule has 1 saturated carbocycles. The number of para-hydroxylation sites is 1. The van der Waals surface area contributed by atoms with E-state index >= 15 is 0 Å². The summed E-state index contributed by atoms with van der Waals surface area (Å²) < 4.78 is 6.09. The molecular weight excluding hydrogens is 222 g/mol. The molecule has 2 aromatic rings. The zero-order valence-electron chi connectivity index (χ0n) is 11.2. The number of hydrogen-bond acceptors (Lipinski definition) is 2. The Labute approximate surface area is 108 Å². The Bertz CT molecular complexity index is 543. The highest BCUT2D eigenvalue weighted by Crippen LogP contribution is 2.44. The average Bonchev–Trinajstić information content (AvgIpc) is 2.73. The Morgan fingerprint density at radius 3 is 2.89 bits per heavy atom. The highest BCUT2D eigenvalue weighted by Gasteiger charge is 2.34. The van der Waals surface area contributed by atoms with Gasteiger partial charge in [-0.1, -0.05) is 25.1 Å². The van der Waals surface area contributed by atoms with Gasteiger partial charge in [0, 0.05) is 11.3 Å². The lowest BCUT2D eigenvalue weighted by atomic mass is 9.72. The molecule has 1 aromatic carbocycles. The quantitative estimate of drug-likeness (QED) is 0.882. The first-order chi connectivity index (χ1) is 8.79. The van der Waals surface area contributed by atoms with Crippen molar-refractivity contribution in [3.05, 3.63) is 35.6 Å². The summed E-state index contributed by atoms with van der Waals surface area (Å²) in [4.78, 5) is 0. The van der Waals surface area contributed by atoms with Crippen molar-refractivity contribution in [1.29, 1.82) is 0 Å². The zero-order chi connectivity index (χ0) is 12.5. The van der Waals surface area contributed by atoms with E-state index in [1.54, 1.807) is 0 Å². The van der Waals surface area contributed by atoms with Crippen molar-refractivity contribution in [2.75, 3.05) is 13.1 Å². The molecule has 0 amide bonds. The molecule has 1 aliphatic rings. The van der Waals surface area contributed by atoms with E-state index in [-0.39, 0.29) is 0 Å². The minimum absolute atomic E-state index is 0.621. The molecule has 0 spiro atoms. The number of furan rings is 1. The van der Waals surface area contributed by atoms with Gasteiger partial charge in [0.2, 0.25) is 0 Å². The second-order valence-corrected chi connectivity index (χ2v) is 5.39. The van der Waals surface area contributed by atoms with Crippen LogP contribution in [0.1, 0.15) is 37.0 Å². The van der Waals surface area contributed by atoms with Crippen LogP contribution in [0.15, 0.2) is 28.7 Å². The molecule has 1 heterocycles. The van der Waals surface area contributed by atoms with Crippen molar-refractivity contribution >= 4 is 11.0 Å². The van der Waals surface area contributed by atoms with Crippen LogP contribution >= 0.6 is 0 Å². The maximum atomic E-state index is 6.09. The van der Waals surface area contributed by atoms with Crippen LogP contribution in [-0.2, 0) is 0 Å². The summed E-state index contributed by atoms with van der Waals surface area (Å²) >= 11 is 0. The zero-order valence-corrected chi connectivity index (χ0v) is 11.2. The van der Waals surface area contributed by atoms with Crippen LogP contribution in [0.25, 0.3) is 11.0 Å². The number of fused-ring (bicyclic) bond motifs is 1. The van der Waals surface area contributed by atoms with Crippen molar-refractivity contribution in [3.63, 3.8) is 0 Å². The van der Waals surface area contributed by atoms with Gasteiger partial charge in [-0.3, -0.25) is 0 Å². The maximum absolute atomic E-state index is 6.09. The first-order valence-corrected chi connectivity index (χ1v) is 6.99. The Morgan fingerprint density at radius 1 is 1.33 bits per heavy atom. The van der Waals surface area contributed by atoms with E-state index in [0.29, 0.717) is 5.92 Å². The lowest BCUT2D eigenvalue weighted by Gasteiger charge is -2.35. The highest BCUT2D eigenvalue weighted by atomic mass is 16.3. The standard InChI is InChI=1S/C16H21NO/c1-3-17-10-13-7-8-14(13)15-9-12-6-4-5-11(2)16(12)18-15/h4-6,9,13-14,17H,3,7-8,10H2,1-2H3. The van der Waals surface area contributed by atoms with E-state index in [1.165, 1.54) is 29.6 Å². The first kappa shape index (κ1) is 11.8. The number of aryl methyl sites for hydroxylation is 1. The molecule has 2 unspecified atom stereocenters. The van der Waals surface area contributed by atoms with E-state index in [4.69, 9.17) is 4.42 Å². The van der Waals surface area contributed by atoms with E-state index in [9.17, 15) is 0 Å². The van der Waals surface area contributed by atoms with Gasteiger partial charge in [-0.2, -0.15) is 0 Å². The van der Waals surface area contributed by atoms with Crippen molar-refractivity contribution in [1.82, 2.24) is 5.32 Å². The Balaban J connectivity index is 1.84. The number of hydrogen-bond donors (Lipinski definition) is 1. The smallest absolute Gasteiger partial charge is 0.137 e. The summed E-state index contributed by atoms with van der Waals surface area (Å²) in [7, 11) is 0. The highest BCUT2D eigenvalue weighted by molar-refractivity contribution is 5.81. The molecule has 96 valence electrons. The molecule has 1 fully saturated rings. The molecule has 3 rings (SSSR count). The lowest BCUT2D eigenvalue weighted by molar-refractivity contribution is 0.220. The predicted molar refractivity (Wildman–Crippen MR) is 75.0 cm³/mol. The Morgan fingerprint density at radius 2 is 2.22 bits per heavy atom. The van der Waals surface area contributed by atoms with Gasteiger partial charge >= 0.3 is 0 Å². The first-order valence-electron chi connectivity index (χ1n) is 6.99. The minimum atomic E-state index is 0.621. The largest absolute Gasteiger partial charge is 0.460 e. The van der Waals surface area contributed by atoms with Gasteiger partial charge in [0.05, 0.1) is 0 Å². The van der Waals surface area contributed by atoms with Gasteiger partial charge in [0.15, 0.2) is 0 Å². The van der Waals surface area contributed by atoms with Crippen molar-refractivity contribution in [3.8, 4) is 0 Å². The monoisotopic (exact) mass is 243 g/mol. The predicted octanol–water partition coefficient (Wildman–Crippen LogP) is 3.84. The normalized spacial score (nSPS) is 23.2. The fraction of sp³-hybridized carbons (Fsp3) is 0.500. The molecule has 18 heavy (non-hydrogen) atoms. The molecule has 0 saturated heterocycles. The van der Waals surface area contributed by atoms with Crippen LogP contribution in [0, 0.1) is 12.8 Å². The summed E-state index contributed by atoms with van der Waals surface area (Å²) in [6, 6.07) is 8.61. The number of nitrogens with one attached hydrogen (secondary N) is 1. The van der Waals surface area contributed by atoms with Crippen LogP contribution in [0.2, 0.25) is 0 Å². The van der Waals surface area contributed by atoms with Gasteiger partial charge in [-0.25, -0.2) is 0 Å². The van der Waals surface area contributed by atoms with Gasteiger partial charge in [-0.05, 0) is 50.4 Å². The lowest BCUT2D eigenvalue weighted by Crippen LogP contribution is -2.33. The second-order valence-electron chi connectivity index (χ2n) is 5.39. The molecule has 1 aliphatic carbocycles. The molecule has 0 bridgehead atoms. The van der Waals surface area contributed by atoms with Gasteiger partial charge in [0.25, 0.3) is 0 Å². The Hall–Kier alpha value is -1.28. The SMILES string of the molecule is CCNCC1CCC1c1cc2cccc(C)c2o1. The number of benzene rings is 1. The molecule has 2 atom stereocenters. The maximum Gasteiger partial charge on any atom is 0.137 e. The molecule has 2 heteroatoms. The molecular formula is C16H21NO. The van der Waals surface area contributed by atoms with E-state index in [2.05, 4.69) is 43.4 Å². The fourth-order valence-electron chi connectivity index (χ4n) is 2.93. The summed E-state index contributed by atoms with van der Waals surface area (Å²) in [6.07, 6.45) is 2.60. The number of rotatable bonds is 4. The minimum Gasteiger partial charge on any atom is -0.460 e. The van der Waals surface area contributed by atoms with Crippen LogP contribution in [0.5, 0.6) is 0 Å². The molecule has 0 aliphatic heterocycles. The van der Waals surface area contributed by atoms with Crippen LogP contribution in [0.3, 0.4) is 0 Å². The third-order valence-corrected chi connectivity index (χ3v) is 4.20. The van der Waals surface area contributed by atoms with Gasteiger partial charge in [0.1, 0.15) is 11.3 Å². The van der Waals surface area contributed by atoms with Crippen LogP contribution in [-0.4, -0.2) is 13.1 Å². The average molecular weight is 243 g/mol. The fourth-order valence-corrected chi connectivity index (χ4v) is 2.93. The van der Waals surface area contributed by atoms with E-state index < -0.39 is 0 Å². The molecule has 1 aromatic heterocycles. The summed E-state index contributed by atoms with van der Waals surface area (Å²) in [5, 5.41) is 4.70. The Kier molecular flexibility index (Phi) is 3.13. The van der Waals surface area contributed by atoms with Crippen molar-refractivity contribution < 1.29 is 4.42 Å². The molecule has 0 radical (unpaired) electrons. The summed E-state index contributed by atoms with van der Waals surface area (Å²) in [5.41, 5.74) is 2.31. The third kappa shape index (κ3) is 1.95. The summed E-state index contributed by atoms with van der Waals surface area (Å²) in [5.74, 6) is 2.56. The van der Waals surface area contributed by atoms with Crippen molar-refractivity contribution in [2.24, 2.45) is 5.92 Å². The molecule has 2 nitrogen and oxygen atoms in total. The van der Waals surface area contributed by atoms with Crippen LogP contribution in [0.4, 0.5) is 0 Å². The molecule has 1 N–H and O–H groups in total. The third-order valence-electron chi connectivity index (χ3n) is 4.20. The topological polar surface area (TPSA) is 25.2 Å². The second kappa shape index (κ2) is 4.77. The van der Waals surface area contributed by atoms with E-state index in [1.807, 2.05) is 0 Å². The van der Waals surface area contributed by atoms with Crippen LogP contribution < -0.4 is 5.32 Å². The van der Waals surface area contributed by atoms with E-state index in [0.717, 1.165) is 24.6 Å². The summed E-state index contributed by atoms with van der Waals surface area (Å²) in [6.45, 7) is 6.46. The van der Waals surface area contributed by atoms with Crippen molar-refractivity contribution in [2.45, 2.75) is 32.6 Å².